The molecule has 0 bridgehead atoms. The van der Waals surface area contributed by atoms with E-state index in [1.165, 1.54) is 25.6 Å². The van der Waals surface area contributed by atoms with E-state index in [1.807, 2.05) is 0 Å². The lowest BCUT2D eigenvalue weighted by atomic mass is 9.95. The van der Waals surface area contributed by atoms with Gasteiger partial charge in [0.15, 0.2) is 6.33 Å². The highest BCUT2D eigenvalue weighted by molar-refractivity contribution is 4.96. The second-order valence-corrected chi connectivity index (χ2v) is 3.69. The summed E-state index contributed by atoms with van der Waals surface area (Å²) in [5.41, 5.74) is 6.04. The molecule has 4 nitrogen and oxygen atoms in total. The molecule has 0 spiro atoms. The molecule has 1 aromatic rings. The molecule has 1 heterocycles. The summed E-state index contributed by atoms with van der Waals surface area (Å²) in [5, 5.41) is 3.62. The third-order valence-corrected chi connectivity index (χ3v) is 2.76. The molecule has 13 heavy (non-hydrogen) atoms. The smallest absolute Gasteiger partial charge is 0.231 e. The largest absolute Gasteiger partial charge is 0.339 e. The maximum absolute atomic E-state index is 6.04. The Labute approximate surface area is 77.5 Å². The van der Waals surface area contributed by atoms with Gasteiger partial charge in [-0.2, -0.15) is 4.98 Å². The van der Waals surface area contributed by atoms with E-state index in [1.54, 1.807) is 0 Å². The van der Waals surface area contributed by atoms with Gasteiger partial charge in [-0.05, 0) is 12.8 Å². The zero-order valence-corrected chi connectivity index (χ0v) is 7.65. The maximum atomic E-state index is 6.04. The van der Waals surface area contributed by atoms with Crippen LogP contribution in [0.3, 0.4) is 0 Å². The van der Waals surface area contributed by atoms with Gasteiger partial charge in [0, 0.05) is 6.04 Å². The number of hydrogen-bond acceptors (Lipinski definition) is 4. The Morgan fingerprint density at radius 2 is 2.15 bits per heavy atom. The van der Waals surface area contributed by atoms with Crippen LogP contribution in [0.1, 0.15) is 43.9 Å². The molecule has 4 heteroatoms. The van der Waals surface area contributed by atoms with Gasteiger partial charge in [-0.25, -0.2) is 0 Å². The van der Waals surface area contributed by atoms with Crippen molar-refractivity contribution in [2.75, 3.05) is 0 Å². The fourth-order valence-electron chi connectivity index (χ4n) is 1.99. The van der Waals surface area contributed by atoms with Crippen LogP contribution in [0.5, 0.6) is 0 Å². The highest BCUT2D eigenvalue weighted by Gasteiger charge is 2.25. The number of nitrogens with zero attached hydrogens (tertiary/aromatic N) is 2. The van der Waals surface area contributed by atoms with Gasteiger partial charge >= 0.3 is 0 Å². The molecule has 72 valence electrons. The van der Waals surface area contributed by atoms with Crippen molar-refractivity contribution < 1.29 is 4.52 Å². The van der Waals surface area contributed by atoms with E-state index in [0.717, 1.165) is 18.7 Å². The fourth-order valence-corrected chi connectivity index (χ4v) is 1.99. The summed E-state index contributed by atoms with van der Waals surface area (Å²) in [4.78, 5) is 4.07. The molecule has 2 rings (SSSR count). The van der Waals surface area contributed by atoms with Crippen molar-refractivity contribution in [2.24, 2.45) is 5.73 Å². The molecular formula is C9H15N3O. The van der Waals surface area contributed by atoms with Gasteiger partial charge in [0.25, 0.3) is 0 Å². The molecule has 1 fully saturated rings. The molecule has 1 aromatic heterocycles. The summed E-state index contributed by atoms with van der Waals surface area (Å²) >= 11 is 0. The quantitative estimate of drug-likeness (QED) is 0.666. The van der Waals surface area contributed by atoms with Crippen LogP contribution in [-0.2, 0) is 0 Å². The monoisotopic (exact) mass is 181 g/mol. The Hall–Kier alpha value is -0.900. The summed E-state index contributed by atoms with van der Waals surface area (Å²) < 4.78 is 5.06. The number of aromatic nitrogens is 2. The van der Waals surface area contributed by atoms with Crippen molar-refractivity contribution in [1.82, 2.24) is 10.1 Å². The first-order valence-electron chi connectivity index (χ1n) is 4.90. The zero-order valence-electron chi connectivity index (χ0n) is 7.65. The molecule has 0 radical (unpaired) electrons. The van der Waals surface area contributed by atoms with Gasteiger partial charge in [-0.15, -0.1) is 0 Å². The predicted molar refractivity (Wildman–Crippen MR) is 48.1 cm³/mol. The Morgan fingerprint density at radius 3 is 2.92 bits per heavy atom. The highest BCUT2D eigenvalue weighted by Crippen LogP contribution is 2.29. The average molecular weight is 181 g/mol. The van der Waals surface area contributed by atoms with E-state index >= 15 is 0 Å². The molecule has 0 aliphatic heterocycles. The SMILES string of the molecule is NC1CCCCCC1c1ncno1. The summed E-state index contributed by atoms with van der Waals surface area (Å²) in [5.74, 6) is 0.999. The van der Waals surface area contributed by atoms with Crippen molar-refractivity contribution in [1.29, 1.82) is 0 Å². The van der Waals surface area contributed by atoms with E-state index in [2.05, 4.69) is 10.1 Å². The summed E-state index contributed by atoms with van der Waals surface area (Å²) in [6, 6.07) is 0.197. The van der Waals surface area contributed by atoms with Gasteiger partial charge in [-0.1, -0.05) is 24.4 Å². The van der Waals surface area contributed by atoms with Crippen LogP contribution in [0.2, 0.25) is 0 Å². The van der Waals surface area contributed by atoms with Crippen molar-refractivity contribution in [3.05, 3.63) is 12.2 Å². The molecule has 1 saturated carbocycles. The third-order valence-electron chi connectivity index (χ3n) is 2.76. The highest BCUT2D eigenvalue weighted by atomic mass is 16.5. The van der Waals surface area contributed by atoms with Crippen LogP contribution in [0, 0.1) is 0 Å². The molecule has 0 aromatic carbocycles. The van der Waals surface area contributed by atoms with E-state index < -0.39 is 0 Å². The van der Waals surface area contributed by atoms with Gasteiger partial charge in [0.2, 0.25) is 5.89 Å². The molecular weight excluding hydrogens is 166 g/mol. The lowest BCUT2D eigenvalue weighted by Gasteiger charge is -2.16. The zero-order chi connectivity index (χ0) is 9.10. The Morgan fingerprint density at radius 1 is 1.31 bits per heavy atom. The van der Waals surface area contributed by atoms with Crippen LogP contribution in [0.25, 0.3) is 0 Å². The molecule has 0 amide bonds. The number of nitrogens with two attached hydrogens (primary N) is 1. The Bertz CT molecular complexity index is 247. The average Bonchev–Trinajstić information content (AvgIpc) is 2.56. The number of rotatable bonds is 1. The second-order valence-electron chi connectivity index (χ2n) is 3.69. The second kappa shape index (κ2) is 3.87. The van der Waals surface area contributed by atoms with Crippen molar-refractivity contribution in [2.45, 2.75) is 44.1 Å². The Kier molecular flexibility index (Phi) is 2.59. The van der Waals surface area contributed by atoms with Crippen molar-refractivity contribution in [3.63, 3.8) is 0 Å². The minimum absolute atomic E-state index is 0.197. The minimum Gasteiger partial charge on any atom is -0.339 e. The normalized spacial score (nSPS) is 29.9. The van der Waals surface area contributed by atoms with Crippen molar-refractivity contribution >= 4 is 0 Å². The van der Waals surface area contributed by atoms with Gasteiger partial charge in [-0.3, -0.25) is 0 Å². The van der Waals surface area contributed by atoms with Crippen LogP contribution < -0.4 is 5.73 Å². The maximum Gasteiger partial charge on any atom is 0.231 e. The topological polar surface area (TPSA) is 64.9 Å². The van der Waals surface area contributed by atoms with E-state index in [9.17, 15) is 0 Å². The van der Waals surface area contributed by atoms with Gasteiger partial charge in [0.05, 0.1) is 5.92 Å². The first-order chi connectivity index (χ1) is 6.38. The fraction of sp³-hybridized carbons (Fsp3) is 0.778. The van der Waals surface area contributed by atoms with Gasteiger partial charge < -0.3 is 10.3 Å². The number of hydrogen-bond donors (Lipinski definition) is 1. The lowest BCUT2D eigenvalue weighted by Crippen LogP contribution is -2.27. The molecule has 2 atom stereocenters. The first kappa shape index (κ1) is 8.69. The van der Waals surface area contributed by atoms with E-state index in [0.29, 0.717) is 0 Å². The van der Waals surface area contributed by atoms with Crippen LogP contribution in [-0.4, -0.2) is 16.2 Å². The van der Waals surface area contributed by atoms with Crippen LogP contribution >= 0.6 is 0 Å². The molecule has 0 saturated heterocycles. The Balaban J connectivity index is 2.11. The van der Waals surface area contributed by atoms with Gasteiger partial charge in [0.1, 0.15) is 0 Å². The molecule has 1 aliphatic rings. The predicted octanol–water partition coefficient (Wildman–Crippen LogP) is 1.44. The minimum atomic E-state index is 0.197. The van der Waals surface area contributed by atoms with E-state index in [4.69, 9.17) is 10.3 Å². The molecule has 2 unspecified atom stereocenters. The third kappa shape index (κ3) is 1.88. The first-order valence-corrected chi connectivity index (χ1v) is 4.90. The van der Waals surface area contributed by atoms with E-state index in [-0.39, 0.29) is 12.0 Å². The molecule has 1 aliphatic carbocycles. The summed E-state index contributed by atoms with van der Waals surface area (Å²) in [7, 11) is 0. The molecule has 2 N–H and O–H groups in total. The van der Waals surface area contributed by atoms with Crippen LogP contribution in [0.15, 0.2) is 10.9 Å². The lowest BCUT2D eigenvalue weighted by molar-refractivity contribution is 0.325. The van der Waals surface area contributed by atoms with Crippen molar-refractivity contribution in [3.8, 4) is 0 Å². The summed E-state index contributed by atoms with van der Waals surface area (Å²) in [6.45, 7) is 0. The summed E-state index contributed by atoms with van der Waals surface area (Å²) in [6.07, 6.45) is 7.34. The standard InChI is InChI=1S/C9H15N3O/c10-8-5-3-1-2-4-7(8)9-11-6-12-13-9/h6-8H,1-5,10H2. The van der Waals surface area contributed by atoms with Crippen LogP contribution in [0.4, 0.5) is 0 Å².